The van der Waals surface area contributed by atoms with Gasteiger partial charge in [0.15, 0.2) is 0 Å². The summed E-state index contributed by atoms with van der Waals surface area (Å²) >= 11 is 1.31. The van der Waals surface area contributed by atoms with Gasteiger partial charge in [0.1, 0.15) is 0 Å². The number of aryl methyl sites for hydroxylation is 1. The maximum absolute atomic E-state index is 12.9. The first-order chi connectivity index (χ1) is 8.86. The number of nitrogens with two attached hydrogens (primary N) is 1. The largest absolute Gasteiger partial charge is 0.416 e. The summed E-state index contributed by atoms with van der Waals surface area (Å²) in [6, 6.07) is 3.87. The van der Waals surface area contributed by atoms with E-state index in [1.165, 1.54) is 23.9 Å². The summed E-state index contributed by atoms with van der Waals surface area (Å²) in [5.74, 6) is 0.223. The molecule has 0 aliphatic rings. The minimum absolute atomic E-state index is 0.113. The Morgan fingerprint density at radius 3 is 2.68 bits per heavy atom. The van der Waals surface area contributed by atoms with Gasteiger partial charge in [0.25, 0.3) is 0 Å². The molecule has 7 heteroatoms. The summed E-state index contributed by atoms with van der Waals surface area (Å²) < 4.78 is 40.2. The SMILES string of the molecule is Cn1cc(SCc2ccc(N)cc2C(F)(F)F)cn1. The Morgan fingerprint density at radius 2 is 2.11 bits per heavy atom. The summed E-state index contributed by atoms with van der Waals surface area (Å²) in [4.78, 5) is 0.826. The monoisotopic (exact) mass is 287 g/mol. The lowest BCUT2D eigenvalue weighted by Gasteiger charge is -2.13. The fourth-order valence-electron chi connectivity index (χ4n) is 1.62. The molecule has 0 saturated heterocycles. The molecule has 1 aromatic carbocycles. The summed E-state index contributed by atoms with van der Waals surface area (Å²) in [5, 5.41) is 3.97. The molecule has 3 nitrogen and oxygen atoms in total. The van der Waals surface area contributed by atoms with E-state index in [-0.39, 0.29) is 17.0 Å². The average Bonchev–Trinajstić information content (AvgIpc) is 2.72. The summed E-state index contributed by atoms with van der Waals surface area (Å²) in [5.41, 5.74) is 5.07. The van der Waals surface area contributed by atoms with Crippen LogP contribution in [0.15, 0.2) is 35.5 Å². The maximum atomic E-state index is 12.9. The summed E-state index contributed by atoms with van der Waals surface area (Å²) in [6.45, 7) is 0. The third-order valence-electron chi connectivity index (χ3n) is 2.51. The zero-order valence-electron chi connectivity index (χ0n) is 10.1. The zero-order valence-corrected chi connectivity index (χ0v) is 10.9. The van der Waals surface area contributed by atoms with Gasteiger partial charge in [-0.15, -0.1) is 11.8 Å². The van der Waals surface area contributed by atoms with Crippen LogP contribution in [0.5, 0.6) is 0 Å². The van der Waals surface area contributed by atoms with Gasteiger partial charge in [0, 0.05) is 29.6 Å². The van der Waals surface area contributed by atoms with E-state index in [1.54, 1.807) is 24.1 Å². The van der Waals surface area contributed by atoms with Gasteiger partial charge in [-0.2, -0.15) is 18.3 Å². The molecule has 1 heterocycles. The van der Waals surface area contributed by atoms with Crippen molar-refractivity contribution >= 4 is 17.4 Å². The number of thioether (sulfide) groups is 1. The molecule has 1 aromatic heterocycles. The van der Waals surface area contributed by atoms with Crippen LogP contribution in [0, 0.1) is 0 Å². The van der Waals surface area contributed by atoms with Crippen molar-refractivity contribution in [1.82, 2.24) is 9.78 Å². The molecule has 0 atom stereocenters. The molecular weight excluding hydrogens is 275 g/mol. The van der Waals surface area contributed by atoms with Gasteiger partial charge in [0.05, 0.1) is 11.8 Å². The molecule has 19 heavy (non-hydrogen) atoms. The number of anilines is 1. The van der Waals surface area contributed by atoms with Crippen LogP contribution < -0.4 is 5.73 Å². The van der Waals surface area contributed by atoms with Gasteiger partial charge in [-0.3, -0.25) is 4.68 Å². The van der Waals surface area contributed by atoms with Crippen LogP contribution in [0.2, 0.25) is 0 Å². The second kappa shape index (κ2) is 5.16. The Hall–Kier alpha value is -1.63. The average molecular weight is 287 g/mol. The number of halogens is 3. The number of nitrogen functional groups attached to an aromatic ring is 1. The molecule has 0 radical (unpaired) electrons. The third kappa shape index (κ3) is 3.44. The predicted molar refractivity (Wildman–Crippen MR) is 68.6 cm³/mol. The van der Waals surface area contributed by atoms with Crippen molar-refractivity contribution in [2.45, 2.75) is 16.8 Å². The molecule has 0 fully saturated rings. The van der Waals surface area contributed by atoms with Crippen molar-refractivity contribution in [2.75, 3.05) is 5.73 Å². The molecule has 0 bridgehead atoms. The van der Waals surface area contributed by atoms with E-state index < -0.39 is 11.7 Å². The van der Waals surface area contributed by atoms with E-state index in [9.17, 15) is 13.2 Å². The second-order valence-electron chi connectivity index (χ2n) is 4.05. The first-order valence-electron chi connectivity index (χ1n) is 5.43. The Labute approximate surface area is 112 Å². The quantitative estimate of drug-likeness (QED) is 0.695. The molecule has 0 aliphatic carbocycles. The fourth-order valence-corrected chi connectivity index (χ4v) is 2.54. The lowest BCUT2D eigenvalue weighted by molar-refractivity contribution is -0.138. The van der Waals surface area contributed by atoms with Gasteiger partial charge in [-0.05, 0) is 17.7 Å². The molecule has 2 rings (SSSR count). The molecular formula is C12H12F3N3S. The third-order valence-corrected chi connectivity index (χ3v) is 3.51. The number of benzene rings is 1. The first-order valence-corrected chi connectivity index (χ1v) is 6.42. The molecule has 0 amide bonds. The van der Waals surface area contributed by atoms with E-state index in [0.717, 1.165) is 11.0 Å². The smallest absolute Gasteiger partial charge is 0.399 e. The zero-order chi connectivity index (χ0) is 14.0. The second-order valence-corrected chi connectivity index (χ2v) is 5.10. The highest BCUT2D eigenvalue weighted by Crippen LogP contribution is 2.35. The Balaban J connectivity index is 2.20. The molecule has 0 spiro atoms. The highest BCUT2D eigenvalue weighted by Gasteiger charge is 2.33. The van der Waals surface area contributed by atoms with Crippen LogP contribution in [0.1, 0.15) is 11.1 Å². The van der Waals surface area contributed by atoms with E-state index in [2.05, 4.69) is 5.10 Å². The maximum Gasteiger partial charge on any atom is 0.416 e. The lowest BCUT2D eigenvalue weighted by Crippen LogP contribution is -2.09. The first kappa shape index (κ1) is 13.8. The normalized spacial score (nSPS) is 11.8. The van der Waals surface area contributed by atoms with Gasteiger partial charge in [-0.1, -0.05) is 6.07 Å². The van der Waals surface area contributed by atoms with Crippen molar-refractivity contribution in [3.8, 4) is 0 Å². The highest BCUT2D eigenvalue weighted by atomic mass is 32.2. The minimum atomic E-state index is -4.39. The number of rotatable bonds is 3. The van der Waals surface area contributed by atoms with Crippen molar-refractivity contribution in [3.05, 3.63) is 41.7 Å². The topological polar surface area (TPSA) is 43.8 Å². The number of nitrogens with zero attached hydrogens (tertiary/aromatic N) is 2. The Bertz CT molecular complexity index is 578. The fraction of sp³-hybridized carbons (Fsp3) is 0.250. The van der Waals surface area contributed by atoms with Gasteiger partial charge in [-0.25, -0.2) is 0 Å². The molecule has 2 aromatic rings. The van der Waals surface area contributed by atoms with Crippen molar-refractivity contribution in [3.63, 3.8) is 0 Å². The molecule has 0 aliphatic heterocycles. The van der Waals surface area contributed by atoms with Gasteiger partial charge in [0.2, 0.25) is 0 Å². The molecule has 0 saturated carbocycles. The van der Waals surface area contributed by atoms with E-state index in [1.807, 2.05) is 0 Å². The van der Waals surface area contributed by atoms with Crippen molar-refractivity contribution in [2.24, 2.45) is 7.05 Å². The highest BCUT2D eigenvalue weighted by molar-refractivity contribution is 7.98. The Morgan fingerprint density at radius 1 is 1.37 bits per heavy atom. The number of hydrogen-bond donors (Lipinski definition) is 1. The van der Waals surface area contributed by atoms with Crippen LogP contribution in [0.25, 0.3) is 0 Å². The van der Waals surface area contributed by atoms with Gasteiger partial charge >= 0.3 is 6.18 Å². The van der Waals surface area contributed by atoms with Crippen LogP contribution in [-0.4, -0.2) is 9.78 Å². The van der Waals surface area contributed by atoms with E-state index in [4.69, 9.17) is 5.73 Å². The number of hydrogen-bond acceptors (Lipinski definition) is 3. The molecule has 0 unspecified atom stereocenters. The van der Waals surface area contributed by atoms with E-state index >= 15 is 0 Å². The lowest BCUT2D eigenvalue weighted by atomic mass is 10.1. The van der Waals surface area contributed by atoms with Crippen molar-refractivity contribution < 1.29 is 13.2 Å². The summed E-state index contributed by atoms with van der Waals surface area (Å²) in [7, 11) is 1.76. The van der Waals surface area contributed by atoms with Crippen LogP contribution >= 0.6 is 11.8 Å². The molecule has 2 N–H and O–H groups in total. The van der Waals surface area contributed by atoms with Crippen molar-refractivity contribution in [1.29, 1.82) is 0 Å². The predicted octanol–water partition coefficient (Wildman–Crippen LogP) is 3.31. The summed E-state index contributed by atoms with van der Waals surface area (Å²) in [6.07, 6.45) is -1.01. The number of aromatic nitrogens is 2. The van der Waals surface area contributed by atoms with Crippen LogP contribution in [0.3, 0.4) is 0 Å². The van der Waals surface area contributed by atoms with Crippen LogP contribution in [-0.2, 0) is 19.0 Å². The molecule has 102 valence electrons. The number of alkyl halides is 3. The van der Waals surface area contributed by atoms with E-state index in [0.29, 0.717) is 0 Å². The van der Waals surface area contributed by atoms with Crippen LogP contribution in [0.4, 0.5) is 18.9 Å². The minimum Gasteiger partial charge on any atom is -0.399 e. The Kier molecular flexibility index (Phi) is 3.75. The standard InChI is InChI=1S/C12H12F3N3S/c1-18-6-10(5-17-18)19-7-8-2-3-9(16)4-11(8)12(13,14)15/h2-6H,7,16H2,1H3. The van der Waals surface area contributed by atoms with Gasteiger partial charge < -0.3 is 5.73 Å².